The minimum Gasteiger partial charge on any atom is -0.464 e. The lowest BCUT2D eigenvalue weighted by atomic mass is 10.1. The van der Waals surface area contributed by atoms with E-state index in [4.69, 9.17) is 9.40 Å². The molecule has 2 fully saturated rings. The number of hydrogen-bond donors (Lipinski definition) is 0. The van der Waals surface area contributed by atoms with Crippen LogP contribution in [0.25, 0.3) is 11.0 Å². The van der Waals surface area contributed by atoms with Crippen molar-refractivity contribution in [3.8, 4) is 0 Å². The first kappa shape index (κ1) is 18.4. The molecule has 0 aliphatic heterocycles. The van der Waals surface area contributed by atoms with Crippen LogP contribution in [0.5, 0.6) is 0 Å². The zero-order valence-electron chi connectivity index (χ0n) is 17.6. The van der Waals surface area contributed by atoms with Gasteiger partial charge in [-0.15, -0.1) is 0 Å². The van der Waals surface area contributed by atoms with Gasteiger partial charge in [-0.2, -0.15) is 5.10 Å². The molecule has 2 aliphatic carbocycles. The molecule has 0 saturated heterocycles. The Morgan fingerprint density at radius 2 is 2.10 bits per heavy atom. The third kappa shape index (κ3) is 3.34. The minimum atomic E-state index is 0.0365. The third-order valence-electron chi connectivity index (χ3n) is 6.21. The van der Waals surface area contributed by atoms with Gasteiger partial charge in [0.05, 0.1) is 24.0 Å². The number of carbonyl (C=O) groups excluding carboxylic acids is 1. The van der Waals surface area contributed by atoms with Crippen molar-refractivity contribution in [2.45, 2.75) is 71.5 Å². The second-order valence-electron chi connectivity index (χ2n) is 9.00. The summed E-state index contributed by atoms with van der Waals surface area (Å²) >= 11 is 0. The van der Waals surface area contributed by atoms with Gasteiger partial charge in [-0.1, -0.05) is 6.92 Å². The summed E-state index contributed by atoms with van der Waals surface area (Å²) in [7, 11) is 0. The van der Waals surface area contributed by atoms with Crippen LogP contribution in [0.3, 0.4) is 0 Å². The smallest absolute Gasteiger partial charge is 0.256 e. The highest BCUT2D eigenvalue weighted by Crippen LogP contribution is 2.47. The van der Waals surface area contributed by atoms with Gasteiger partial charge in [0.2, 0.25) is 0 Å². The van der Waals surface area contributed by atoms with Crippen molar-refractivity contribution >= 4 is 16.9 Å². The monoisotopic (exact) mass is 392 g/mol. The van der Waals surface area contributed by atoms with Gasteiger partial charge in [-0.25, -0.2) is 9.67 Å². The molecule has 29 heavy (non-hydrogen) atoms. The highest BCUT2D eigenvalue weighted by Gasteiger charge is 2.38. The molecular weight excluding hydrogens is 364 g/mol. The van der Waals surface area contributed by atoms with Crippen LogP contribution in [0.15, 0.2) is 28.8 Å². The zero-order valence-corrected chi connectivity index (χ0v) is 17.6. The number of hydrogen-bond acceptors (Lipinski definition) is 4. The minimum absolute atomic E-state index is 0.0365. The molecule has 2 atom stereocenters. The van der Waals surface area contributed by atoms with Gasteiger partial charge in [0.1, 0.15) is 11.5 Å². The summed E-state index contributed by atoms with van der Waals surface area (Å²) in [5, 5.41) is 5.35. The molecule has 3 aromatic heterocycles. The molecular formula is C23H28N4O2. The maximum atomic E-state index is 13.5. The van der Waals surface area contributed by atoms with E-state index in [0.717, 1.165) is 41.1 Å². The molecule has 0 bridgehead atoms. The predicted octanol–water partition coefficient (Wildman–Crippen LogP) is 4.84. The van der Waals surface area contributed by atoms with E-state index in [1.54, 1.807) is 6.20 Å². The summed E-state index contributed by atoms with van der Waals surface area (Å²) in [5.74, 6) is 3.24. The number of aromatic nitrogens is 3. The lowest BCUT2D eigenvalue weighted by Gasteiger charge is -2.22. The SMILES string of the molecule is Cc1nc2c(cnn2C(C)C)cc1C(=O)N(Cc1ccc(C2CC2C)o1)C1CC1. The summed E-state index contributed by atoms with van der Waals surface area (Å²) in [4.78, 5) is 20.1. The van der Waals surface area contributed by atoms with Crippen molar-refractivity contribution < 1.29 is 9.21 Å². The second kappa shape index (κ2) is 6.71. The van der Waals surface area contributed by atoms with E-state index < -0.39 is 0 Å². The quantitative estimate of drug-likeness (QED) is 0.602. The van der Waals surface area contributed by atoms with E-state index in [1.165, 1.54) is 6.42 Å². The van der Waals surface area contributed by atoms with E-state index in [2.05, 4.69) is 31.9 Å². The number of amides is 1. The topological polar surface area (TPSA) is 64.2 Å². The molecule has 2 unspecified atom stereocenters. The van der Waals surface area contributed by atoms with E-state index in [-0.39, 0.29) is 11.9 Å². The largest absolute Gasteiger partial charge is 0.464 e. The molecule has 2 saturated carbocycles. The van der Waals surface area contributed by atoms with Crippen LogP contribution in [-0.4, -0.2) is 31.6 Å². The van der Waals surface area contributed by atoms with Crippen molar-refractivity contribution in [2.24, 2.45) is 5.92 Å². The van der Waals surface area contributed by atoms with E-state index >= 15 is 0 Å². The number of rotatable bonds is 6. The Kier molecular flexibility index (Phi) is 4.26. The molecule has 3 aromatic rings. The number of carbonyl (C=O) groups is 1. The maximum Gasteiger partial charge on any atom is 0.256 e. The van der Waals surface area contributed by atoms with Crippen LogP contribution in [0, 0.1) is 12.8 Å². The van der Waals surface area contributed by atoms with Crippen molar-refractivity contribution in [1.29, 1.82) is 0 Å². The Hall–Kier alpha value is -2.63. The highest BCUT2D eigenvalue weighted by atomic mass is 16.3. The first-order valence-electron chi connectivity index (χ1n) is 10.7. The number of pyridine rings is 1. The highest BCUT2D eigenvalue weighted by molar-refractivity contribution is 5.98. The Labute approximate surface area is 170 Å². The first-order chi connectivity index (χ1) is 13.9. The van der Waals surface area contributed by atoms with Gasteiger partial charge in [0, 0.05) is 23.4 Å². The Balaban J connectivity index is 1.42. The van der Waals surface area contributed by atoms with Gasteiger partial charge in [0.25, 0.3) is 5.91 Å². The molecule has 3 heterocycles. The summed E-state index contributed by atoms with van der Waals surface area (Å²) in [6.07, 6.45) is 5.11. The van der Waals surface area contributed by atoms with E-state index in [0.29, 0.717) is 30.0 Å². The molecule has 2 aliphatic rings. The Morgan fingerprint density at radius 3 is 2.76 bits per heavy atom. The van der Waals surface area contributed by atoms with Crippen LogP contribution in [0.1, 0.15) is 79.6 Å². The average molecular weight is 393 g/mol. The van der Waals surface area contributed by atoms with Crippen molar-refractivity contribution in [3.63, 3.8) is 0 Å². The second-order valence-corrected chi connectivity index (χ2v) is 9.00. The van der Waals surface area contributed by atoms with Crippen LogP contribution >= 0.6 is 0 Å². The van der Waals surface area contributed by atoms with Crippen LogP contribution in [-0.2, 0) is 6.54 Å². The molecule has 0 spiro atoms. The van der Waals surface area contributed by atoms with Gasteiger partial charge in [-0.05, 0) is 64.2 Å². The van der Waals surface area contributed by atoms with Crippen molar-refractivity contribution in [2.75, 3.05) is 0 Å². The Morgan fingerprint density at radius 1 is 1.34 bits per heavy atom. The number of fused-ring (bicyclic) bond motifs is 1. The molecule has 0 N–H and O–H groups in total. The summed E-state index contributed by atoms with van der Waals surface area (Å²) in [6.45, 7) is 8.84. The lowest BCUT2D eigenvalue weighted by Crippen LogP contribution is -2.33. The Bertz CT molecular complexity index is 1080. The first-order valence-corrected chi connectivity index (χ1v) is 10.7. The van der Waals surface area contributed by atoms with Crippen LogP contribution in [0.2, 0.25) is 0 Å². The van der Waals surface area contributed by atoms with E-state index in [1.807, 2.05) is 28.6 Å². The molecule has 152 valence electrons. The lowest BCUT2D eigenvalue weighted by molar-refractivity contribution is 0.0715. The van der Waals surface area contributed by atoms with Gasteiger partial charge in [-0.3, -0.25) is 4.79 Å². The molecule has 0 aromatic carbocycles. The summed E-state index contributed by atoms with van der Waals surface area (Å²) in [5.41, 5.74) is 2.25. The van der Waals surface area contributed by atoms with Crippen molar-refractivity contribution in [3.05, 3.63) is 47.2 Å². The van der Waals surface area contributed by atoms with Crippen LogP contribution in [0.4, 0.5) is 0 Å². The fraction of sp³-hybridized carbons (Fsp3) is 0.522. The third-order valence-corrected chi connectivity index (χ3v) is 6.21. The average Bonchev–Trinajstić information content (AvgIpc) is 3.56. The molecule has 6 nitrogen and oxygen atoms in total. The number of nitrogens with zero attached hydrogens (tertiary/aromatic N) is 4. The number of aryl methyl sites for hydroxylation is 1. The molecule has 6 heteroatoms. The van der Waals surface area contributed by atoms with Crippen molar-refractivity contribution in [1.82, 2.24) is 19.7 Å². The normalized spacial score (nSPS) is 21.1. The van der Waals surface area contributed by atoms with Gasteiger partial charge < -0.3 is 9.32 Å². The number of furan rings is 1. The van der Waals surface area contributed by atoms with Gasteiger partial charge >= 0.3 is 0 Å². The molecule has 5 rings (SSSR count). The molecule has 1 amide bonds. The van der Waals surface area contributed by atoms with Gasteiger partial charge in [0.15, 0.2) is 5.65 Å². The predicted molar refractivity (Wildman–Crippen MR) is 111 cm³/mol. The molecule has 0 radical (unpaired) electrons. The van der Waals surface area contributed by atoms with E-state index in [9.17, 15) is 4.79 Å². The fourth-order valence-electron chi connectivity index (χ4n) is 4.13. The maximum absolute atomic E-state index is 13.5. The summed E-state index contributed by atoms with van der Waals surface area (Å²) < 4.78 is 7.98. The van der Waals surface area contributed by atoms with Crippen LogP contribution < -0.4 is 0 Å². The fourth-order valence-corrected chi connectivity index (χ4v) is 4.13. The standard InChI is InChI=1S/C23H28N4O2/c1-13(2)27-22-16(11-24-27)10-20(15(4)25-22)23(28)26(17-5-6-17)12-18-7-8-21(29-18)19-9-14(19)3/h7-8,10-11,13-14,17,19H,5-6,9,12H2,1-4H3. The zero-order chi connectivity index (χ0) is 20.3. The summed E-state index contributed by atoms with van der Waals surface area (Å²) in [6, 6.07) is 6.58.